The first-order valence-electron chi connectivity index (χ1n) is 8.22. The lowest BCUT2D eigenvalue weighted by molar-refractivity contribution is 0.102. The molecule has 1 aliphatic carbocycles. The summed E-state index contributed by atoms with van der Waals surface area (Å²) in [5.74, 6) is 1.34. The van der Waals surface area contributed by atoms with E-state index in [0.29, 0.717) is 5.92 Å². The average Bonchev–Trinajstić information content (AvgIpc) is 2.86. The van der Waals surface area contributed by atoms with Crippen LogP contribution in [0.3, 0.4) is 0 Å². The summed E-state index contributed by atoms with van der Waals surface area (Å²) in [6, 6.07) is 0.280. The number of nitrogens with zero attached hydrogens (tertiary/aromatic N) is 1. The third-order valence-electron chi connectivity index (χ3n) is 3.65. The van der Waals surface area contributed by atoms with Gasteiger partial charge in [-0.15, -0.1) is 0 Å². The standard InChI is InChI=1S/C18H31NO2/c1-13(2)11-12-17(16-9-7-8-10-16)21-18(20)19(14(3)4)15(5)6/h9,12-15H,7-8,10-11H2,1-6H3/b17-12-. The summed E-state index contributed by atoms with van der Waals surface area (Å²) in [7, 11) is 0. The van der Waals surface area contributed by atoms with Crippen molar-refractivity contribution in [1.82, 2.24) is 4.90 Å². The Morgan fingerprint density at radius 1 is 1.24 bits per heavy atom. The van der Waals surface area contributed by atoms with Gasteiger partial charge in [0.05, 0.1) is 0 Å². The SMILES string of the molecule is CC(C)C/C=C(\OC(=O)N(C(C)C)C(C)C)C1=CCCC1. The molecule has 0 bridgehead atoms. The van der Waals surface area contributed by atoms with E-state index in [1.165, 1.54) is 5.57 Å². The van der Waals surface area contributed by atoms with Crippen molar-refractivity contribution in [2.75, 3.05) is 0 Å². The summed E-state index contributed by atoms with van der Waals surface area (Å²) in [5.41, 5.74) is 1.19. The Morgan fingerprint density at radius 2 is 1.86 bits per heavy atom. The molecule has 0 N–H and O–H groups in total. The van der Waals surface area contributed by atoms with E-state index < -0.39 is 0 Å². The Kier molecular flexibility index (Phi) is 7.00. The molecule has 21 heavy (non-hydrogen) atoms. The molecule has 0 aromatic carbocycles. The highest BCUT2D eigenvalue weighted by Crippen LogP contribution is 2.27. The minimum Gasteiger partial charge on any atom is -0.410 e. The molecular formula is C18H31NO2. The maximum Gasteiger partial charge on any atom is 0.415 e. The molecule has 0 aromatic rings. The van der Waals surface area contributed by atoms with Crippen LogP contribution in [0.5, 0.6) is 0 Å². The fourth-order valence-corrected chi connectivity index (χ4v) is 2.64. The second kappa shape index (κ2) is 8.26. The van der Waals surface area contributed by atoms with Gasteiger partial charge in [-0.25, -0.2) is 4.79 Å². The first-order chi connectivity index (χ1) is 9.82. The Hall–Kier alpha value is -1.25. The Labute approximate surface area is 130 Å². The van der Waals surface area contributed by atoms with E-state index in [9.17, 15) is 4.79 Å². The van der Waals surface area contributed by atoms with Crippen LogP contribution in [0.2, 0.25) is 0 Å². The fraction of sp³-hybridized carbons (Fsp3) is 0.722. The summed E-state index contributed by atoms with van der Waals surface area (Å²) in [6.45, 7) is 12.4. The van der Waals surface area contributed by atoms with Gasteiger partial charge in [-0.1, -0.05) is 19.9 Å². The van der Waals surface area contributed by atoms with Gasteiger partial charge in [0.25, 0.3) is 0 Å². The number of carbonyl (C=O) groups is 1. The molecule has 1 amide bonds. The van der Waals surface area contributed by atoms with Gasteiger partial charge in [-0.2, -0.15) is 0 Å². The summed E-state index contributed by atoms with van der Waals surface area (Å²) in [4.78, 5) is 14.3. The van der Waals surface area contributed by atoms with Crippen LogP contribution in [0.1, 0.15) is 67.2 Å². The molecule has 0 aromatic heterocycles. The van der Waals surface area contributed by atoms with Crippen molar-refractivity contribution in [2.24, 2.45) is 5.92 Å². The van der Waals surface area contributed by atoms with Gasteiger partial charge in [0.2, 0.25) is 0 Å². The molecule has 0 heterocycles. The molecular weight excluding hydrogens is 262 g/mol. The molecule has 0 atom stereocenters. The number of rotatable bonds is 6. The van der Waals surface area contributed by atoms with Gasteiger partial charge >= 0.3 is 6.09 Å². The minimum absolute atomic E-state index is 0.140. The van der Waals surface area contributed by atoms with Crippen LogP contribution >= 0.6 is 0 Å². The molecule has 3 nitrogen and oxygen atoms in total. The molecule has 1 rings (SSSR count). The summed E-state index contributed by atoms with van der Waals surface area (Å²) in [5, 5.41) is 0. The zero-order chi connectivity index (χ0) is 16.0. The molecule has 1 aliphatic rings. The molecule has 0 saturated heterocycles. The van der Waals surface area contributed by atoms with Crippen LogP contribution in [0, 0.1) is 5.92 Å². The van der Waals surface area contributed by atoms with Gasteiger partial charge in [0, 0.05) is 12.1 Å². The Bertz CT molecular complexity index is 397. The van der Waals surface area contributed by atoms with Crippen molar-refractivity contribution in [3.05, 3.63) is 23.5 Å². The van der Waals surface area contributed by atoms with Crippen LogP contribution < -0.4 is 0 Å². The largest absolute Gasteiger partial charge is 0.415 e. The Morgan fingerprint density at radius 3 is 2.29 bits per heavy atom. The van der Waals surface area contributed by atoms with Crippen molar-refractivity contribution in [3.8, 4) is 0 Å². The quantitative estimate of drug-likeness (QED) is 0.623. The molecule has 3 heteroatoms. The molecule has 0 radical (unpaired) electrons. The molecule has 120 valence electrons. The first kappa shape index (κ1) is 17.8. The van der Waals surface area contributed by atoms with Gasteiger partial charge in [-0.3, -0.25) is 0 Å². The van der Waals surface area contributed by atoms with Gasteiger partial charge in [0.15, 0.2) is 0 Å². The van der Waals surface area contributed by atoms with E-state index in [-0.39, 0.29) is 18.2 Å². The second-order valence-electron chi connectivity index (χ2n) is 6.78. The van der Waals surface area contributed by atoms with E-state index in [1.54, 1.807) is 4.90 Å². The summed E-state index contributed by atoms with van der Waals surface area (Å²) >= 11 is 0. The van der Waals surface area contributed by atoms with Crippen LogP contribution in [-0.4, -0.2) is 23.1 Å². The Balaban J connectivity index is 2.85. The molecule has 0 aliphatic heterocycles. The molecule has 0 fully saturated rings. The summed E-state index contributed by atoms with van der Waals surface area (Å²) < 4.78 is 5.75. The highest BCUT2D eigenvalue weighted by Gasteiger charge is 2.24. The normalized spacial score (nSPS) is 15.9. The second-order valence-corrected chi connectivity index (χ2v) is 6.78. The first-order valence-corrected chi connectivity index (χ1v) is 8.22. The number of carbonyl (C=O) groups excluding carboxylic acids is 1. The van der Waals surface area contributed by atoms with Crippen LogP contribution in [0.15, 0.2) is 23.5 Å². The monoisotopic (exact) mass is 293 g/mol. The predicted molar refractivity (Wildman–Crippen MR) is 88.1 cm³/mol. The average molecular weight is 293 g/mol. The lowest BCUT2D eigenvalue weighted by atomic mass is 10.1. The number of hydrogen-bond donors (Lipinski definition) is 0. The zero-order valence-electron chi connectivity index (χ0n) is 14.5. The third kappa shape index (κ3) is 5.56. The van der Waals surface area contributed by atoms with E-state index in [1.807, 2.05) is 27.7 Å². The fourth-order valence-electron chi connectivity index (χ4n) is 2.64. The zero-order valence-corrected chi connectivity index (χ0v) is 14.5. The molecule has 0 unspecified atom stereocenters. The lowest BCUT2D eigenvalue weighted by Crippen LogP contribution is -2.42. The van der Waals surface area contributed by atoms with Crippen LogP contribution in [-0.2, 0) is 4.74 Å². The van der Waals surface area contributed by atoms with Gasteiger partial charge < -0.3 is 9.64 Å². The number of hydrogen-bond acceptors (Lipinski definition) is 2. The van der Waals surface area contributed by atoms with Crippen molar-refractivity contribution >= 4 is 6.09 Å². The lowest BCUT2D eigenvalue weighted by Gasteiger charge is -2.30. The topological polar surface area (TPSA) is 29.5 Å². The van der Waals surface area contributed by atoms with Crippen molar-refractivity contribution in [2.45, 2.75) is 79.3 Å². The number of allylic oxidation sites excluding steroid dienone is 3. The van der Waals surface area contributed by atoms with E-state index in [2.05, 4.69) is 26.0 Å². The minimum atomic E-state index is -0.234. The highest BCUT2D eigenvalue weighted by atomic mass is 16.6. The van der Waals surface area contributed by atoms with Gasteiger partial charge in [-0.05, 0) is 70.9 Å². The highest BCUT2D eigenvalue weighted by molar-refractivity contribution is 5.70. The van der Waals surface area contributed by atoms with Crippen molar-refractivity contribution in [3.63, 3.8) is 0 Å². The summed E-state index contributed by atoms with van der Waals surface area (Å²) in [6.07, 6.45) is 8.24. The smallest absolute Gasteiger partial charge is 0.410 e. The maximum absolute atomic E-state index is 12.5. The van der Waals surface area contributed by atoms with E-state index in [0.717, 1.165) is 31.4 Å². The van der Waals surface area contributed by atoms with Gasteiger partial charge in [0.1, 0.15) is 5.76 Å². The number of amides is 1. The number of ether oxygens (including phenoxy) is 1. The van der Waals surface area contributed by atoms with E-state index in [4.69, 9.17) is 4.74 Å². The van der Waals surface area contributed by atoms with Crippen LogP contribution in [0.25, 0.3) is 0 Å². The van der Waals surface area contributed by atoms with E-state index >= 15 is 0 Å². The third-order valence-corrected chi connectivity index (χ3v) is 3.65. The van der Waals surface area contributed by atoms with Crippen LogP contribution in [0.4, 0.5) is 4.79 Å². The van der Waals surface area contributed by atoms with Crippen molar-refractivity contribution < 1.29 is 9.53 Å². The molecule has 0 spiro atoms. The van der Waals surface area contributed by atoms with Crippen molar-refractivity contribution in [1.29, 1.82) is 0 Å². The predicted octanol–water partition coefficient (Wildman–Crippen LogP) is 5.28. The maximum atomic E-state index is 12.5. The molecule has 0 saturated carbocycles.